The highest BCUT2D eigenvalue weighted by atomic mass is 16.2. The van der Waals surface area contributed by atoms with Crippen molar-refractivity contribution in [2.24, 2.45) is 11.8 Å². The molecule has 0 radical (unpaired) electrons. The zero-order chi connectivity index (χ0) is 12.3. The van der Waals surface area contributed by atoms with Crippen molar-refractivity contribution in [3.63, 3.8) is 0 Å². The summed E-state index contributed by atoms with van der Waals surface area (Å²) in [5.41, 5.74) is 2.28. The maximum atomic E-state index is 11.7. The number of unbranched alkanes of at least 4 members (excludes halogenated alkanes) is 1. The van der Waals surface area contributed by atoms with Gasteiger partial charge < -0.3 is 5.32 Å². The first-order valence-corrected chi connectivity index (χ1v) is 6.60. The fourth-order valence-electron chi connectivity index (χ4n) is 2.06. The molecule has 2 rings (SSSR count). The number of hydrogen-bond acceptors (Lipinski definition) is 1. The molecule has 1 aromatic carbocycles. The first-order chi connectivity index (χ1) is 8.20. The van der Waals surface area contributed by atoms with Gasteiger partial charge in [-0.05, 0) is 42.9 Å². The van der Waals surface area contributed by atoms with Crippen LogP contribution in [0.5, 0.6) is 0 Å². The molecule has 0 aromatic heterocycles. The second-order valence-electron chi connectivity index (χ2n) is 5.11. The summed E-state index contributed by atoms with van der Waals surface area (Å²) in [4.78, 5) is 11.7. The topological polar surface area (TPSA) is 29.1 Å². The zero-order valence-corrected chi connectivity index (χ0v) is 10.7. The van der Waals surface area contributed by atoms with Gasteiger partial charge in [-0.3, -0.25) is 4.79 Å². The fraction of sp³-hybridized carbons (Fsp3) is 0.533. The molecule has 2 heteroatoms. The molecular formula is C15H21NO. The number of amides is 1. The summed E-state index contributed by atoms with van der Waals surface area (Å²) in [6.07, 6.45) is 4.62. The SMILES string of the molecule is CCCCc1ccc(NC(=O)[C@H]2C[C@H]2C)cc1. The highest BCUT2D eigenvalue weighted by molar-refractivity contribution is 5.94. The first-order valence-electron chi connectivity index (χ1n) is 6.60. The van der Waals surface area contributed by atoms with Gasteiger partial charge in [-0.2, -0.15) is 0 Å². The minimum Gasteiger partial charge on any atom is -0.326 e. The van der Waals surface area contributed by atoms with Crippen molar-refractivity contribution in [2.45, 2.75) is 39.5 Å². The fourth-order valence-corrected chi connectivity index (χ4v) is 2.06. The van der Waals surface area contributed by atoms with E-state index in [0.717, 1.165) is 18.5 Å². The van der Waals surface area contributed by atoms with E-state index in [9.17, 15) is 4.79 Å². The normalized spacial score (nSPS) is 22.2. The third-order valence-electron chi connectivity index (χ3n) is 3.49. The third kappa shape index (κ3) is 3.32. The lowest BCUT2D eigenvalue weighted by atomic mass is 10.1. The van der Waals surface area contributed by atoms with Gasteiger partial charge in [0.25, 0.3) is 0 Å². The number of rotatable bonds is 5. The quantitative estimate of drug-likeness (QED) is 0.823. The van der Waals surface area contributed by atoms with Crippen LogP contribution in [0.15, 0.2) is 24.3 Å². The van der Waals surface area contributed by atoms with Gasteiger partial charge >= 0.3 is 0 Å². The summed E-state index contributed by atoms with van der Waals surface area (Å²) < 4.78 is 0. The lowest BCUT2D eigenvalue weighted by molar-refractivity contribution is -0.117. The Morgan fingerprint density at radius 1 is 1.35 bits per heavy atom. The zero-order valence-electron chi connectivity index (χ0n) is 10.7. The van der Waals surface area contributed by atoms with Crippen molar-refractivity contribution in [1.29, 1.82) is 0 Å². The minimum atomic E-state index is 0.179. The van der Waals surface area contributed by atoms with Gasteiger partial charge in [-0.25, -0.2) is 0 Å². The summed E-state index contributed by atoms with van der Waals surface area (Å²) in [5, 5.41) is 2.98. The molecule has 1 saturated carbocycles. The monoisotopic (exact) mass is 231 g/mol. The van der Waals surface area contributed by atoms with E-state index in [4.69, 9.17) is 0 Å². The molecule has 1 aliphatic rings. The molecule has 17 heavy (non-hydrogen) atoms. The molecule has 1 N–H and O–H groups in total. The molecule has 1 fully saturated rings. The van der Waals surface area contributed by atoms with Gasteiger partial charge in [-0.15, -0.1) is 0 Å². The molecule has 0 bridgehead atoms. The van der Waals surface area contributed by atoms with Crippen molar-refractivity contribution in [3.8, 4) is 0 Å². The number of hydrogen-bond donors (Lipinski definition) is 1. The molecule has 0 heterocycles. The summed E-state index contributed by atoms with van der Waals surface area (Å²) in [6.45, 7) is 4.32. The van der Waals surface area contributed by atoms with Crippen molar-refractivity contribution in [1.82, 2.24) is 0 Å². The van der Waals surface area contributed by atoms with E-state index in [2.05, 4.69) is 31.3 Å². The maximum Gasteiger partial charge on any atom is 0.227 e. The van der Waals surface area contributed by atoms with Crippen LogP contribution in [-0.4, -0.2) is 5.91 Å². The van der Waals surface area contributed by atoms with Gasteiger partial charge in [-0.1, -0.05) is 32.4 Å². The third-order valence-corrected chi connectivity index (χ3v) is 3.49. The Kier molecular flexibility index (Phi) is 3.82. The Morgan fingerprint density at radius 2 is 2.00 bits per heavy atom. The number of carbonyl (C=O) groups is 1. The lowest BCUT2D eigenvalue weighted by Crippen LogP contribution is -2.14. The average molecular weight is 231 g/mol. The second-order valence-corrected chi connectivity index (χ2v) is 5.11. The average Bonchev–Trinajstić information content (AvgIpc) is 3.06. The van der Waals surface area contributed by atoms with Crippen LogP contribution in [0, 0.1) is 11.8 Å². The largest absolute Gasteiger partial charge is 0.326 e. The van der Waals surface area contributed by atoms with E-state index in [1.165, 1.54) is 18.4 Å². The smallest absolute Gasteiger partial charge is 0.227 e. The molecule has 0 saturated heterocycles. The summed E-state index contributed by atoms with van der Waals surface area (Å²) >= 11 is 0. The molecule has 0 aliphatic heterocycles. The van der Waals surface area contributed by atoms with Crippen LogP contribution in [0.3, 0.4) is 0 Å². The van der Waals surface area contributed by atoms with Crippen LogP contribution in [-0.2, 0) is 11.2 Å². The Morgan fingerprint density at radius 3 is 2.53 bits per heavy atom. The van der Waals surface area contributed by atoms with Gasteiger partial charge in [0.2, 0.25) is 5.91 Å². The van der Waals surface area contributed by atoms with E-state index in [0.29, 0.717) is 5.92 Å². The molecule has 1 amide bonds. The number of aryl methyl sites for hydroxylation is 1. The summed E-state index contributed by atoms with van der Waals surface area (Å²) in [7, 11) is 0. The van der Waals surface area contributed by atoms with Gasteiger partial charge in [0, 0.05) is 11.6 Å². The van der Waals surface area contributed by atoms with Crippen molar-refractivity contribution in [3.05, 3.63) is 29.8 Å². The number of nitrogens with one attached hydrogen (secondary N) is 1. The Bertz CT molecular complexity index is 382. The Hall–Kier alpha value is -1.31. The molecular weight excluding hydrogens is 210 g/mol. The van der Waals surface area contributed by atoms with Gasteiger partial charge in [0.15, 0.2) is 0 Å². The molecule has 0 spiro atoms. The van der Waals surface area contributed by atoms with Crippen LogP contribution in [0.4, 0.5) is 5.69 Å². The van der Waals surface area contributed by atoms with E-state index < -0.39 is 0 Å². The lowest BCUT2D eigenvalue weighted by Gasteiger charge is -2.06. The van der Waals surface area contributed by atoms with E-state index in [-0.39, 0.29) is 11.8 Å². The standard InChI is InChI=1S/C15H21NO/c1-3-4-5-12-6-8-13(9-7-12)16-15(17)14-10-11(14)2/h6-9,11,14H,3-5,10H2,1-2H3,(H,16,17)/t11-,14+/m1/s1. The molecule has 1 aromatic rings. The van der Waals surface area contributed by atoms with Crippen molar-refractivity contribution in [2.75, 3.05) is 5.32 Å². The molecule has 2 atom stereocenters. The van der Waals surface area contributed by atoms with Gasteiger partial charge in [0.05, 0.1) is 0 Å². The van der Waals surface area contributed by atoms with Gasteiger partial charge in [0.1, 0.15) is 0 Å². The molecule has 1 aliphatic carbocycles. The highest BCUT2D eigenvalue weighted by Crippen LogP contribution is 2.38. The number of carbonyl (C=O) groups excluding carboxylic acids is 1. The second kappa shape index (κ2) is 5.35. The number of anilines is 1. The first kappa shape index (κ1) is 12.2. The molecule has 0 unspecified atom stereocenters. The highest BCUT2D eigenvalue weighted by Gasteiger charge is 2.38. The summed E-state index contributed by atoms with van der Waals surface area (Å²) in [6, 6.07) is 8.25. The van der Waals surface area contributed by atoms with E-state index in [1.807, 2.05) is 12.1 Å². The Labute approximate surface area is 103 Å². The Balaban J connectivity index is 1.87. The van der Waals surface area contributed by atoms with Crippen LogP contribution in [0.1, 0.15) is 38.7 Å². The van der Waals surface area contributed by atoms with Crippen molar-refractivity contribution < 1.29 is 4.79 Å². The van der Waals surface area contributed by atoms with Crippen LogP contribution < -0.4 is 5.32 Å². The van der Waals surface area contributed by atoms with Crippen molar-refractivity contribution >= 4 is 11.6 Å². The van der Waals surface area contributed by atoms with Crippen LogP contribution in [0.25, 0.3) is 0 Å². The predicted molar refractivity (Wildman–Crippen MR) is 71.0 cm³/mol. The van der Waals surface area contributed by atoms with Crippen LogP contribution in [0.2, 0.25) is 0 Å². The number of benzene rings is 1. The van der Waals surface area contributed by atoms with E-state index in [1.54, 1.807) is 0 Å². The minimum absolute atomic E-state index is 0.179. The molecule has 2 nitrogen and oxygen atoms in total. The van der Waals surface area contributed by atoms with E-state index >= 15 is 0 Å². The van der Waals surface area contributed by atoms with Crippen LogP contribution >= 0.6 is 0 Å². The summed E-state index contributed by atoms with van der Waals surface area (Å²) in [5.74, 6) is 0.993. The predicted octanol–water partition coefficient (Wildman–Crippen LogP) is 3.62. The molecule has 92 valence electrons. The maximum absolute atomic E-state index is 11.7.